The second-order valence-corrected chi connectivity index (χ2v) is 8.33. The second-order valence-electron chi connectivity index (χ2n) is 6.45. The molecular weight excluding hydrogens is 442 g/mol. The Morgan fingerprint density at radius 3 is 2.61 bits per heavy atom. The van der Waals surface area contributed by atoms with Crippen LogP contribution in [-0.2, 0) is 16.1 Å². The molecule has 28 heavy (non-hydrogen) atoms. The number of aryl methyl sites for hydroxylation is 2. The van der Waals surface area contributed by atoms with Crippen LogP contribution in [-0.4, -0.2) is 19.0 Å². The summed E-state index contributed by atoms with van der Waals surface area (Å²) in [6.45, 7) is 5.88. The summed E-state index contributed by atoms with van der Waals surface area (Å²) >= 11 is 4.83. The summed E-state index contributed by atoms with van der Waals surface area (Å²) in [5.41, 5.74) is 3.74. The zero-order valence-corrected chi connectivity index (χ0v) is 18.4. The Labute approximate surface area is 175 Å². The Morgan fingerprint density at radius 2 is 1.93 bits per heavy atom. The number of nitrogens with one attached hydrogen (secondary N) is 1. The molecule has 0 radical (unpaired) electrons. The number of halogens is 1. The third kappa shape index (κ3) is 4.05. The molecule has 0 bridgehead atoms. The fourth-order valence-electron chi connectivity index (χ4n) is 2.91. The first-order chi connectivity index (χ1) is 13.3. The van der Waals surface area contributed by atoms with Gasteiger partial charge in [-0.15, -0.1) is 11.3 Å². The molecule has 1 aromatic heterocycles. The molecule has 3 rings (SSSR count). The van der Waals surface area contributed by atoms with Crippen LogP contribution in [0.25, 0.3) is 10.1 Å². The number of methoxy groups -OCH3 is 1. The quantitative estimate of drug-likeness (QED) is 0.501. The maximum absolute atomic E-state index is 12.3. The number of thiophene rings is 1. The van der Waals surface area contributed by atoms with E-state index in [1.54, 1.807) is 0 Å². The number of carbonyl (C=O) groups excluding carboxylic acids is 2. The van der Waals surface area contributed by atoms with Gasteiger partial charge >= 0.3 is 5.97 Å². The molecule has 3 aromatic rings. The van der Waals surface area contributed by atoms with E-state index >= 15 is 0 Å². The number of anilines is 1. The molecule has 5 nitrogen and oxygen atoms in total. The Kier molecular flexibility index (Phi) is 6.05. The largest absolute Gasteiger partial charge is 0.486 e. The summed E-state index contributed by atoms with van der Waals surface area (Å²) in [5, 5.41) is 3.85. The monoisotopic (exact) mass is 461 g/mol. The van der Waals surface area contributed by atoms with Gasteiger partial charge in [-0.25, -0.2) is 4.79 Å². The first kappa shape index (κ1) is 20.4. The minimum absolute atomic E-state index is 0.256. The topological polar surface area (TPSA) is 64.6 Å². The van der Waals surface area contributed by atoms with E-state index in [4.69, 9.17) is 9.47 Å². The van der Waals surface area contributed by atoms with Gasteiger partial charge in [-0.3, -0.25) is 4.79 Å². The summed E-state index contributed by atoms with van der Waals surface area (Å²) in [7, 11) is 1.32. The van der Waals surface area contributed by atoms with Gasteiger partial charge in [0.05, 0.1) is 16.3 Å². The number of carbonyl (C=O) groups is 2. The molecule has 1 N–H and O–H groups in total. The van der Waals surface area contributed by atoms with E-state index in [-0.39, 0.29) is 5.91 Å². The second kappa shape index (κ2) is 8.32. The van der Waals surface area contributed by atoms with Crippen LogP contribution in [0.3, 0.4) is 0 Å². The van der Waals surface area contributed by atoms with Crippen LogP contribution in [0.1, 0.15) is 34.0 Å². The van der Waals surface area contributed by atoms with Crippen LogP contribution >= 0.6 is 27.3 Å². The minimum Gasteiger partial charge on any atom is -0.486 e. The summed E-state index contributed by atoms with van der Waals surface area (Å²) in [6.07, 6.45) is 0. The Morgan fingerprint density at radius 1 is 1.18 bits per heavy atom. The number of rotatable bonds is 5. The highest BCUT2D eigenvalue weighted by molar-refractivity contribution is 9.10. The van der Waals surface area contributed by atoms with Crippen molar-refractivity contribution in [2.24, 2.45) is 0 Å². The number of fused-ring (bicyclic) bond motifs is 1. The smallest absolute Gasteiger partial charge is 0.341 e. The molecule has 0 unspecified atom stereocenters. The van der Waals surface area contributed by atoms with E-state index in [1.165, 1.54) is 30.9 Å². The number of hydrogen-bond donors (Lipinski definition) is 1. The average molecular weight is 462 g/mol. The molecular formula is C21H20BrNO4S. The zero-order chi connectivity index (χ0) is 20.4. The molecule has 0 saturated heterocycles. The van der Waals surface area contributed by atoms with Gasteiger partial charge in [0.25, 0.3) is 0 Å². The van der Waals surface area contributed by atoms with E-state index in [0.717, 1.165) is 20.3 Å². The van der Waals surface area contributed by atoms with Crippen LogP contribution in [0.15, 0.2) is 34.8 Å². The van der Waals surface area contributed by atoms with Gasteiger partial charge in [-0.1, -0.05) is 29.8 Å². The van der Waals surface area contributed by atoms with Crippen LogP contribution in [0.2, 0.25) is 0 Å². The number of ether oxygens (including phenoxy) is 2. The molecule has 0 aliphatic carbocycles. The van der Waals surface area contributed by atoms with Gasteiger partial charge in [0.15, 0.2) is 5.75 Å². The van der Waals surface area contributed by atoms with Gasteiger partial charge in [0.2, 0.25) is 5.91 Å². The average Bonchev–Trinajstić information content (AvgIpc) is 3.00. The molecule has 7 heteroatoms. The first-order valence-corrected chi connectivity index (χ1v) is 10.2. The normalized spacial score (nSPS) is 10.8. The summed E-state index contributed by atoms with van der Waals surface area (Å²) < 4.78 is 12.6. The van der Waals surface area contributed by atoms with Crippen molar-refractivity contribution < 1.29 is 19.1 Å². The lowest BCUT2D eigenvalue weighted by Gasteiger charge is -2.12. The molecule has 0 fully saturated rings. The minimum atomic E-state index is -0.502. The van der Waals surface area contributed by atoms with E-state index in [1.807, 2.05) is 26.0 Å². The SMILES string of the molecule is COC(=O)c1c(NC(C)=O)sc2c(OCc3cc(C)ccc3C)c(Br)ccc12. The molecule has 0 aliphatic heterocycles. The number of amides is 1. The molecule has 146 valence electrons. The molecule has 1 amide bonds. The number of hydrogen-bond acceptors (Lipinski definition) is 5. The summed E-state index contributed by atoms with van der Waals surface area (Å²) in [5.74, 6) is -0.128. The highest BCUT2D eigenvalue weighted by atomic mass is 79.9. The maximum Gasteiger partial charge on any atom is 0.341 e. The van der Waals surface area contributed by atoms with Gasteiger partial charge in [0.1, 0.15) is 17.2 Å². The van der Waals surface area contributed by atoms with Crippen LogP contribution in [0, 0.1) is 13.8 Å². The van der Waals surface area contributed by atoms with Gasteiger partial charge in [0, 0.05) is 12.3 Å². The molecule has 1 heterocycles. The Balaban J connectivity index is 2.08. The third-order valence-corrected chi connectivity index (χ3v) is 6.06. The van der Waals surface area contributed by atoms with Crippen molar-refractivity contribution >= 4 is 54.2 Å². The predicted octanol–water partition coefficient (Wildman–Crippen LogP) is 5.60. The highest BCUT2D eigenvalue weighted by Gasteiger charge is 2.23. The summed E-state index contributed by atoms with van der Waals surface area (Å²) in [4.78, 5) is 23.9. The third-order valence-electron chi connectivity index (χ3n) is 4.32. The first-order valence-electron chi connectivity index (χ1n) is 8.61. The van der Waals surface area contributed by atoms with E-state index in [0.29, 0.717) is 28.3 Å². The van der Waals surface area contributed by atoms with E-state index in [2.05, 4.69) is 39.4 Å². The van der Waals surface area contributed by atoms with Gasteiger partial charge in [-0.2, -0.15) is 0 Å². The lowest BCUT2D eigenvalue weighted by Crippen LogP contribution is -2.09. The molecule has 2 aromatic carbocycles. The number of benzene rings is 2. The van der Waals surface area contributed by atoms with Crippen molar-refractivity contribution in [3.8, 4) is 5.75 Å². The standard InChI is InChI=1S/C21H20BrNO4S/c1-11-5-6-12(2)14(9-11)10-27-18-16(22)8-7-15-17(21(25)26-4)20(23-13(3)24)28-19(15)18/h5-9H,10H2,1-4H3,(H,23,24). The van der Waals surface area contributed by atoms with E-state index in [9.17, 15) is 9.59 Å². The predicted molar refractivity (Wildman–Crippen MR) is 115 cm³/mol. The fraction of sp³-hybridized carbons (Fsp3) is 0.238. The highest BCUT2D eigenvalue weighted by Crippen LogP contribution is 2.44. The van der Waals surface area contributed by atoms with Crippen molar-refractivity contribution in [3.63, 3.8) is 0 Å². The Bertz CT molecular complexity index is 1070. The van der Waals surface area contributed by atoms with Crippen molar-refractivity contribution in [2.75, 3.05) is 12.4 Å². The fourth-order valence-corrected chi connectivity index (χ4v) is 4.72. The lowest BCUT2D eigenvalue weighted by atomic mass is 10.1. The molecule has 0 aliphatic rings. The summed E-state index contributed by atoms with van der Waals surface area (Å²) in [6, 6.07) is 9.88. The van der Waals surface area contributed by atoms with Crippen LogP contribution in [0.4, 0.5) is 5.00 Å². The maximum atomic E-state index is 12.3. The lowest BCUT2D eigenvalue weighted by molar-refractivity contribution is -0.114. The Hall–Kier alpha value is -2.38. The van der Waals surface area contributed by atoms with Crippen molar-refractivity contribution in [2.45, 2.75) is 27.4 Å². The molecule has 0 atom stereocenters. The van der Waals surface area contributed by atoms with Gasteiger partial charge in [-0.05, 0) is 47.0 Å². The van der Waals surface area contributed by atoms with E-state index < -0.39 is 5.97 Å². The van der Waals surface area contributed by atoms with Gasteiger partial charge < -0.3 is 14.8 Å². The van der Waals surface area contributed by atoms with Crippen molar-refractivity contribution in [1.82, 2.24) is 0 Å². The zero-order valence-electron chi connectivity index (χ0n) is 16.0. The number of esters is 1. The van der Waals surface area contributed by atoms with Crippen molar-refractivity contribution in [3.05, 3.63) is 57.1 Å². The molecule has 0 saturated carbocycles. The van der Waals surface area contributed by atoms with Crippen LogP contribution < -0.4 is 10.1 Å². The molecule has 0 spiro atoms. The van der Waals surface area contributed by atoms with Crippen LogP contribution in [0.5, 0.6) is 5.75 Å². The van der Waals surface area contributed by atoms with Crippen molar-refractivity contribution in [1.29, 1.82) is 0 Å².